The molecule has 0 unspecified atom stereocenters. The van der Waals surface area contributed by atoms with Gasteiger partial charge in [0, 0.05) is 18.7 Å². The standard InChI is InChI=1S/C17H17N3O2/c1-11-6-4-5-7-13(11)15-10-16(20(3)19-15)18-17(21)14-8-9-22-12(14)2/h4-10H,1-3H3,(H,18,21). The SMILES string of the molecule is Cc1ccccc1-c1cc(NC(=O)c2ccoc2C)n(C)n1. The first-order chi connectivity index (χ1) is 10.6. The molecule has 0 bridgehead atoms. The second kappa shape index (κ2) is 5.52. The minimum atomic E-state index is -0.203. The van der Waals surface area contributed by atoms with E-state index >= 15 is 0 Å². The normalized spacial score (nSPS) is 10.7. The van der Waals surface area contributed by atoms with Crippen molar-refractivity contribution < 1.29 is 9.21 Å². The lowest BCUT2D eigenvalue weighted by Crippen LogP contribution is -2.14. The highest BCUT2D eigenvalue weighted by atomic mass is 16.3. The van der Waals surface area contributed by atoms with Crippen molar-refractivity contribution >= 4 is 11.7 Å². The molecule has 2 heterocycles. The quantitative estimate of drug-likeness (QED) is 0.804. The second-order valence-corrected chi connectivity index (χ2v) is 5.20. The molecule has 1 aromatic carbocycles. The summed E-state index contributed by atoms with van der Waals surface area (Å²) in [5.41, 5.74) is 3.56. The molecule has 0 atom stereocenters. The first-order valence-electron chi connectivity index (χ1n) is 7.02. The lowest BCUT2D eigenvalue weighted by Gasteiger charge is -2.03. The Hall–Kier alpha value is -2.82. The monoisotopic (exact) mass is 295 g/mol. The first-order valence-corrected chi connectivity index (χ1v) is 7.02. The van der Waals surface area contributed by atoms with E-state index in [9.17, 15) is 4.79 Å². The molecule has 0 aliphatic carbocycles. The third-order valence-corrected chi connectivity index (χ3v) is 3.65. The Labute approximate surface area is 128 Å². The molecule has 0 saturated carbocycles. The third kappa shape index (κ3) is 2.53. The molecule has 0 saturated heterocycles. The summed E-state index contributed by atoms with van der Waals surface area (Å²) in [6.07, 6.45) is 1.51. The van der Waals surface area contributed by atoms with Crippen molar-refractivity contribution in [3.63, 3.8) is 0 Å². The van der Waals surface area contributed by atoms with Gasteiger partial charge in [-0.05, 0) is 25.5 Å². The number of aromatic nitrogens is 2. The molecule has 0 fully saturated rings. The minimum Gasteiger partial charge on any atom is -0.469 e. The third-order valence-electron chi connectivity index (χ3n) is 3.65. The highest BCUT2D eigenvalue weighted by molar-refractivity contribution is 6.04. The smallest absolute Gasteiger partial charge is 0.260 e. The molecule has 0 spiro atoms. The number of furan rings is 1. The largest absolute Gasteiger partial charge is 0.469 e. The summed E-state index contributed by atoms with van der Waals surface area (Å²) >= 11 is 0. The summed E-state index contributed by atoms with van der Waals surface area (Å²) in [5, 5.41) is 7.34. The molecule has 5 nitrogen and oxygen atoms in total. The van der Waals surface area contributed by atoms with E-state index in [0.717, 1.165) is 16.8 Å². The zero-order chi connectivity index (χ0) is 15.7. The maximum Gasteiger partial charge on any atom is 0.260 e. The molecule has 1 N–H and O–H groups in total. The zero-order valence-electron chi connectivity index (χ0n) is 12.8. The molecular formula is C17H17N3O2. The number of benzene rings is 1. The van der Waals surface area contributed by atoms with E-state index in [-0.39, 0.29) is 5.91 Å². The Morgan fingerprint density at radius 3 is 2.68 bits per heavy atom. The van der Waals surface area contributed by atoms with Crippen LogP contribution in [0.4, 0.5) is 5.82 Å². The molecular weight excluding hydrogens is 278 g/mol. The van der Waals surface area contributed by atoms with Gasteiger partial charge in [0.15, 0.2) is 0 Å². The summed E-state index contributed by atoms with van der Waals surface area (Å²) in [7, 11) is 1.81. The van der Waals surface area contributed by atoms with E-state index in [1.165, 1.54) is 6.26 Å². The number of hydrogen-bond acceptors (Lipinski definition) is 3. The van der Waals surface area contributed by atoms with Crippen LogP contribution in [-0.4, -0.2) is 15.7 Å². The van der Waals surface area contributed by atoms with Crippen LogP contribution in [-0.2, 0) is 7.05 Å². The van der Waals surface area contributed by atoms with Gasteiger partial charge in [0.1, 0.15) is 11.6 Å². The van der Waals surface area contributed by atoms with E-state index in [2.05, 4.69) is 10.4 Å². The average Bonchev–Trinajstić information content (AvgIpc) is 3.06. The summed E-state index contributed by atoms with van der Waals surface area (Å²) in [5.74, 6) is 1.04. The fraction of sp³-hybridized carbons (Fsp3) is 0.176. The maximum atomic E-state index is 12.2. The highest BCUT2D eigenvalue weighted by Crippen LogP contribution is 2.24. The molecule has 22 heavy (non-hydrogen) atoms. The van der Waals surface area contributed by atoms with Crippen molar-refractivity contribution in [1.82, 2.24) is 9.78 Å². The van der Waals surface area contributed by atoms with Crippen LogP contribution in [0.15, 0.2) is 47.1 Å². The lowest BCUT2D eigenvalue weighted by atomic mass is 10.1. The zero-order valence-corrected chi connectivity index (χ0v) is 12.8. The Morgan fingerprint density at radius 1 is 1.23 bits per heavy atom. The molecule has 3 aromatic rings. The summed E-state index contributed by atoms with van der Waals surface area (Å²) in [6, 6.07) is 11.6. The van der Waals surface area contributed by atoms with Gasteiger partial charge < -0.3 is 9.73 Å². The summed E-state index contributed by atoms with van der Waals surface area (Å²) in [4.78, 5) is 12.2. The molecule has 0 aliphatic heterocycles. The van der Waals surface area contributed by atoms with E-state index in [1.807, 2.05) is 37.3 Å². The number of carbonyl (C=O) groups is 1. The van der Waals surface area contributed by atoms with Crippen LogP contribution in [0, 0.1) is 13.8 Å². The van der Waals surface area contributed by atoms with Crippen LogP contribution in [0.1, 0.15) is 21.7 Å². The molecule has 1 amide bonds. The number of anilines is 1. The molecule has 3 rings (SSSR count). The topological polar surface area (TPSA) is 60.1 Å². The summed E-state index contributed by atoms with van der Waals surface area (Å²) < 4.78 is 6.82. The highest BCUT2D eigenvalue weighted by Gasteiger charge is 2.15. The van der Waals surface area contributed by atoms with Crippen LogP contribution < -0.4 is 5.32 Å². The molecule has 0 radical (unpaired) electrons. The van der Waals surface area contributed by atoms with Gasteiger partial charge in [-0.25, -0.2) is 0 Å². The number of amides is 1. The van der Waals surface area contributed by atoms with Gasteiger partial charge in [-0.3, -0.25) is 9.48 Å². The predicted molar refractivity (Wildman–Crippen MR) is 84.8 cm³/mol. The Kier molecular flexibility index (Phi) is 3.55. The minimum absolute atomic E-state index is 0.203. The molecule has 112 valence electrons. The van der Waals surface area contributed by atoms with Crippen molar-refractivity contribution in [3.05, 3.63) is 59.5 Å². The summed E-state index contributed by atoms with van der Waals surface area (Å²) in [6.45, 7) is 3.80. The lowest BCUT2D eigenvalue weighted by molar-refractivity contribution is 0.102. The second-order valence-electron chi connectivity index (χ2n) is 5.20. The maximum absolute atomic E-state index is 12.2. The number of nitrogens with zero attached hydrogens (tertiary/aromatic N) is 2. The number of hydrogen-bond donors (Lipinski definition) is 1. The number of aryl methyl sites for hydroxylation is 3. The van der Waals surface area contributed by atoms with Crippen LogP contribution in [0.25, 0.3) is 11.3 Å². The fourth-order valence-corrected chi connectivity index (χ4v) is 2.38. The molecule has 0 aliphatic rings. The number of carbonyl (C=O) groups excluding carboxylic acids is 1. The van der Waals surface area contributed by atoms with Crippen LogP contribution >= 0.6 is 0 Å². The average molecular weight is 295 g/mol. The van der Waals surface area contributed by atoms with Crippen LogP contribution in [0.5, 0.6) is 0 Å². The Morgan fingerprint density at radius 2 is 2.00 bits per heavy atom. The Bertz CT molecular complexity index is 830. The van der Waals surface area contributed by atoms with Crippen molar-refractivity contribution in [3.8, 4) is 11.3 Å². The van der Waals surface area contributed by atoms with Crippen LogP contribution in [0.2, 0.25) is 0 Å². The first kappa shape index (κ1) is 14.1. The van der Waals surface area contributed by atoms with Gasteiger partial charge >= 0.3 is 0 Å². The van der Waals surface area contributed by atoms with Crippen molar-refractivity contribution in [2.24, 2.45) is 7.05 Å². The van der Waals surface area contributed by atoms with Crippen LogP contribution in [0.3, 0.4) is 0 Å². The van der Waals surface area contributed by atoms with E-state index in [1.54, 1.807) is 24.7 Å². The van der Waals surface area contributed by atoms with Gasteiger partial charge in [0.05, 0.1) is 17.5 Å². The predicted octanol–water partition coefficient (Wildman–Crippen LogP) is 3.55. The van der Waals surface area contributed by atoms with Gasteiger partial charge in [-0.1, -0.05) is 24.3 Å². The van der Waals surface area contributed by atoms with Crippen molar-refractivity contribution in [1.29, 1.82) is 0 Å². The fourth-order valence-electron chi connectivity index (χ4n) is 2.38. The van der Waals surface area contributed by atoms with Gasteiger partial charge in [0.2, 0.25) is 0 Å². The molecule has 2 aromatic heterocycles. The van der Waals surface area contributed by atoms with E-state index in [4.69, 9.17) is 4.42 Å². The Balaban J connectivity index is 1.89. The number of nitrogens with one attached hydrogen (secondary N) is 1. The molecule has 5 heteroatoms. The van der Waals surface area contributed by atoms with E-state index < -0.39 is 0 Å². The van der Waals surface area contributed by atoms with Crippen molar-refractivity contribution in [2.75, 3.05) is 5.32 Å². The van der Waals surface area contributed by atoms with Gasteiger partial charge in [-0.2, -0.15) is 5.10 Å². The van der Waals surface area contributed by atoms with E-state index in [0.29, 0.717) is 17.1 Å². The van der Waals surface area contributed by atoms with Gasteiger partial charge in [-0.15, -0.1) is 0 Å². The van der Waals surface area contributed by atoms with Gasteiger partial charge in [0.25, 0.3) is 5.91 Å². The number of rotatable bonds is 3. The van der Waals surface area contributed by atoms with Crippen molar-refractivity contribution in [2.45, 2.75) is 13.8 Å².